The van der Waals surface area contributed by atoms with Gasteiger partial charge in [0.05, 0.1) is 10.6 Å². The molecule has 0 aliphatic heterocycles. The quantitative estimate of drug-likeness (QED) is 0.307. The van der Waals surface area contributed by atoms with E-state index in [1.54, 1.807) is 42.5 Å². The van der Waals surface area contributed by atoms with E-state index in [1.807, 2.05) is 30.3 Å². The van der Waals surface area contributed by atoms with E-state index in [1.165, 1.54) is 6.07 Å². The lowest BCUT2D eigenvalue weighted by Gasteiger charge is -2.10. The van der Waals surface area contributed by atoms with E-state index in [0.29, 0.717) is 17.1 Å². The minimum atomic E-state index is -0.688. The first kappa shape index (κ1) is 20.9. The average Bonchev–Trinajstić information content (AvgIpc) is 2.76. The summed E-state index contributed by atoms with van der Waals surface area (Å²) >= 11 is 5.95. The topological polar surface area (TPSA) is 100 Å². The smallest absolute Gasteiger partial charge is 0.326 e. The summed E-state index contributed by atoms with van der Waals surface area (Å²) < 4.78 is 5.62. The van der Waals surface area contributed by atoms with Crippen molar-refractivity contribution in [2.45, 2.75) is 0 Å². The van der Waals surface area contributed by atoms with E-state index in [4.69, 9.17) is 16.3 Å². The Morgan fingerprint density at radius 3 is 2.27 bits per heavy atom. The third-order valence-corrected chi connectivity index (χ3v) is 4.39. The zero-order valence-corrected chi connectivity index (χ0v) is 16.5. The molecule has 0 heterocycles. The van der Waals surface area contributed by atoms with Gasteiger partial charge >= 0.3 is 6.03 Å². The number of halogens is 1. The van der Waals surface area contributed by atoms with E-state index in [0.717, 1.165) is 5.56 Å². The number of nitrogens with one attached hydrogen (secondary N) is 2. The zero-order chi connectivity index (χ0) is 21.3. The molecule has 3 amide bonds. The maximum atomic E-state index is 12.1. The standard InChI is InChI=1S/C22H18ClN3O4/c23-19-9-5-4-8-18(19)21(27)25-22(28)24-16-10-12-17(13-11-16)30-14-20(26-29)15-6-2-1-3-7-15/h1-13,29H,14H2,(H2,24,25,27,28). The molecule has 152 valence electrons. The molecule has 3 N–H and O–H groups in total. The summed E-state index contributed by atoms with van der Waals surface area (Å²) in [6.45, 7) is 0.0696. The van der Waals surface area contributed by atoms with Gasteiger partial charge in [-0.25, -0.2) is 4.79 Å². The summed E-state index contributed by atoms with van der Waals surface area (Å²) in [5.41, 5.74) is 1.80. The predicted octanol–water partition coefficient (Wildman–Crippen LogP) is 4.56. The van der Waals surface area contributed by atoms with Crippen molar-refractivity contribution in [3.63, 3.8) is 0 Å². The van der Waals surface area contributed by atoms with Gasteiger partial charge in [0.2, 0.25) is 0 Å². The number of hydrogen-bond acceptors (Lipinski definition) is 5. The number of hydrogen-bond donors (Lipinski definition) is 3. The predicted molar refractivity (Wildman–Crippen MR) is 115 cm³/mol. The maximum Gasteiger partial charge on any atom is 0.326 e. The number of benzene rings is 3. The molecule has 3 aromatic rings. The second kappa shape index (κ2) is 10.1. The highest BCUT2D eigenvalue weighted by Crippen LogP contribution is 2.17. The first-order valence-electron chi connectivity index (χ1n) is 8.93. The van der Waals surface area contributed by atoms with Crippen LogP contribution in [0.4, 0.5) is 10.5 Å². The number of anilines is 1. The minimum absolute atomic E-state index is 0.0696. The van der Waals surface area contributed by atoms with Gasteiger partial charge in [0.1, 0.15) is 18.1 Å². The van der Waals surface area contributed by atoms with E-state index in [-0.39, 0.29) is 17.2 Å². The van der Waals surface area contributed by atoms with Crippen molar-refractivity contribution < 1.29 is 19.5 Å². The maximum absolute atomic E-state index is 12.1. The first-order valence-corrected chi connectivity index (χ1v) is 9.30. The Balaban J connectivity index is 1.53. The molecule has 3 rings (SSSR count). The highest BCUT2D eigenvalue weighted by Gasteiger charge is 2.13. The van der Waals surface area contributed by atoms with Crippen LogP contribution in [-0.2, 0) is 0 Å². The molecular weight excluding hydrogens is 406 g/mol. The largest absolute Gasteiger partial charge is 0.487 e. The van der Waals surface area contributed by atoms with E-state index >= 15 is 0 Å². The summed E-state index contributed by atoms with van der Waals surface area (Å²) in [5.74, 6) is -0.0834. The van der Waals surface area contributed by atoms with Crippen LogP contribution in [0.25, 0.3) is 0 Å². The Morgan fingerprint density at radius 1 is 0.933 bits per heavy atom. The summed E-state index contributed by atoms with van der Waals surface area (Å²) in [7, 11) is 0. The fraction of sp³-hybridized carbons (Fsp3) is 0.0455. The normalized spacial score (nSPS) is 10.9. The number of imide groups is 1. The van der Waals surface area contributed by atoms with Gasteiger partial charge in [-0.15, -0.1) is 0 Å². The molecule has 0 unspecified atom stereocenters. The van der Waals surface area contributed by atoms with Gasteiger partial charge in [0.25, 0.3) is 5.91 Å². The SMILES string of the molecule is O=C(NC(=O)c1ccccc1Cl)Nc1ccc(OCC(=NO)c2ccccc2)cc1. The highest BCUT2D eigenvalue weighted by atomic mass is 35.5. The highest BCUT2D eigenvalue weighted by molar-refractivity contribution is 6.34. The van der Waals surface area contributed by atoms with E-state index in [2.05, 4.69) is 15.8 Å². The fourth-order valence-electron chi connectivity index (χ4n) is 2.56. The number of carbonyl (C=O) groups is 2. The molecule has 0 fully saturated rings. The molecule has 0 atom stereocenters. The monoisotopic (exact) mass is 423 g/mol. The molecule has 0 aliphatic rings. The van der Waals surface area contributed by atoms with E-state index < -0.39 is 11.9 Å². The Labute approximate surface area is 177 Å². The Bertz CT molecular complexity index is 1050. The van der Waals surface area contributed by atoms with Crippen LogP contribution in [0.1, 0.15) is 15.9 Å². The molecule has 8 heteroatoms. The molecular formula is C22H18ClN3O4. The van der Waals surface area contributed by atoms with Gasteiger partial charge in [-0.05, 0) is 36.4 Å². The minimum Gasteiger partial charge on any atom is -0.487 e. The average molecular weight is 424 g/mol. The van der Waals surface area contributed by atoms with Crippen LogP contribution in [0.5, 0.6) is 5.75 Å². The Hall–Kier alpha value is -3.84. The third-order valence-electron chi connectivity index (χ3n) is 4.06. The lowest BCUT2D eigenvalue weighted by Crippen LogP contribution is -2.34. The van der Waals surface area contributed by atoms with Gasteiger partial charge in [-0.1, -0.05) is 59.2 Å². The van der Waals surface area contributed by atoms with Crippen molar-refractivity contribution in [1.82, 2.24) is 5.32 Å². The van der Waals surface area contributed by atoms with Crippen LogP contribution in [0.15, 0.2) is 84.0 Å². The zero-order valence-electron chi connectivity index (χ0n) is 15.7. The molecule has 30 heavy (non-hydrogen) atoms. The summed E-state index contributed by atoms with van der Waals surface area (Å²) in [5, 5.41) is 17.5. The van der Waals surface area contributed by atoms with Crippen molar-refractivity contribution >= 4 is 34.9 Å². The Morgan fingerprint density at radius 2 is 1.60 bits per heavy atom. The van der Waals surface area contributed by atoms with Crippen LogP contribution in [-0.4, -0.2) is 29.5 Å². The lowest BCUT2D eigenvalue weighted by atomic mass is 10.1. The number of nitrogens with zero attached hydrogens (tertiary/aromatic N) is 1. The number of carbonyl (C=O) groups excluding carboxylic acids is 2. The number of amides is 3. The van der Waals surface area contributed by atoms with Crippen molar-refractivity contribution in [2.24, 2.45) is 5.16 Å². The molecule has 0 saturated carbocycles. The van der Waals surface area contributed by atoms with Crippen molar-refractivity contribution in [1.29, 1.82) is 0 Å². The van der Waals surface area contributed by atoms with Gasteiger partial charge in [-0.2, -0.15) is 0 Å². The van der Waals surface area contributed by atoms with Crippen LogP contribution in [0, 0.1) is 0 Å². The van der Waals surface area contributed by atoms with Crippen molar-refractivity contribution in [3.8, 4) is 5.75 Å². The number of ether oxygens (including phenoxy) is 1. The summed E-state index contributed by atoms with van der Waals surface area (Å²) in [6, 6.07) is 21.4. The molecule has 0 aromatic heterocycles. The molecule has 3 aromatic carbocycles. The molecule has 0 saturated heterocycles. The van der Waals surface area contributed by atoms with Gasteiger partial charge in [0, 0.05) is 11.3 Å². The van der Waals surface area contributed by atoms with Crippen LogP contribution in [0.3, 0.4) is 0 Å². The third kappa shape index (κ3) is 5.59. The van der Waals surface area contributed by atoms with Gasteiger partial charge in [-0.3, -0.25) is 10.1 Å². The van der Waals surface area contributed by atoms with Crippen molar-refractivity contribution in [3.05, 3.63) is 95.0 Å². The van der Waals surface area contributed by atoms with Gasteiger partial charge in [0.15, 0.2) is 0 Å². The van der Waals surface area contributed by atoms with Gasteiger partial charge < -0.3 is 15.3 Å². The molecule has 0 aliphatic carbocycles. The summed E-state index contributed by atoms with van der Waals surface area (Å²) in [4.78, 5) is 24.1. The summed E-state index contributed by atoms with van der Waals surface area (Å²) in [6.07, 6.45) is 0. The van der Waals surface area contributed by atoms with Crippen LogP contribution < -0.4 is 15.4 Å². The lowest BCUT2D eigenvalue weighted by molar-refractivity contribution is 0.0967. The second-order valence-corrected chi connectivity index (χ2v) is 6.52. The van der Waals surface area contributed by atoms with Crippen LogP contribution >= 0.6 is 11.6 Å². The van der Waals surface area contributed by atoms with E-state index in [9.17, 15) is 14.8 Å². The Kier molecular flexibility index (Phi) is 7.02. The van der Waals surface area contributed by atoms with Crippen LogP contribution in [0.2, 0.25) is 5.02 Å². The molecule has 0 bridgehead atoms. The number of oxime groups is 1. The fourth-order valence-corrected chi connectivity index (χ4v) is 2.79. The first-order chi connectivity index (χ1) is 14.6. The molecule has 0 spiro atoms. The number of urea groups is 1. The number of rotatable bonds is 6. The second-order valence-electron chi connectivity index (χ2n) is 6.11. The molecule has 0 radical (unpaired) electrons. The van der Waals surface area contributed by atoms with Crippen molar-refractivity contribution in [2.75, 3.05) is 11.9 Å². The molecule has 7 nitrogen and oxygen atoms in total.